The van der Waals surface area contributed by atoms with Gasteiger partial charge in [-0.05, 0) is 26.3 Å². The second-order valence-corrected chi connectivity index (χ2v) is 3.44. The highest BCUT2D eigenvalue weighted by atomic mass is 15.3. The molecule has 2 heterocycles. The highest BCUT2D eigenvalue weighted by molar-refractivity contribution is 4.95. The van der Waals surface area contributed by atoms with E-state index in [1.54, 1.807) is 6.33 Å². The van der Waals surface area contributed by atoms with E-state index in [0.29, 0.717) is 6.04 Å². The van der Waals surface area contributed by atoms with Crippen LogP contribution in [-0.4, -0.2) is 21.3 Å². The van der Waals surface area contributed by atoms with Crippen molar-refractivity contribution < 1.29 is 0 Å². The van der Waals surface area contributed by atoms with Gasteiger partial charge < -0.3 is 5.32 Å². The number of hydrogen-bond acceptors (Lipinski definition) is 3. The molecule has 1 N–H and O–H groups in total. The topological polar surface area (TPSA) is 42.7 Å². The highest BCUT2D eigenvalue weighted by Gasteiger charge is 2.18. The quantitative estimate of drug-likeness (QED) is 0.741. The zero-order valence-corrected chi connectivity index (χ0v) is 8.03. The molecule has 4 nitrogen and oxygen atoms in total. The van der Waals surface area contributed by atoms with Crippen molar-refractivity contribution in [2.24, 2.45) is 0 Å². The maximum atomic E-state index is 4.30. The van der Waals surface area contributed by atoms with E-state index in [2.05, 4.69) is 22.3 Å². The van der Waals surface area contributed by atoms with Crippen molar-refractivity contribution in [3.63, 3.8) is 0 Å². The van der Waals surface area contributed by atoms with E-state index in [9.17, 15) is 0 Å². The molecule has 13 heavy (non-hydrogen) atoms. The molecule has 1 aliphatic rings. The monoisotopic (exact) mass is 180 g/mol. The summed E-state index contributed by atoms with van der Waals surface area (Å²) in [4.78, 5) is 4.30. The molecule has 1 aromatic rings. The van der Waals surface area contributed by atoms with Crippen LogP contribution in [0, 0.1) is 0 Å². The van der Waals surface area contributed by atoms with Crippen molar-refractivity contribution in [3.8, 4) is 0 Å². The molecule has 0 bridgehead atoms. The molecule has 0 spiro atoms. The maximum absolute atomic E-state index is 4.30. The van der Waals surface area contributed by atoms with Crippen molar-refractivity contribution in [2.45, 2.75) is 38.8 Å². The summed E-state index contributed by atoms with van der Waals surface area (Å²) in [6, 6.07) is 0.427. The standard InChI is InChI=1S/C9H16N4/c1-2-13-9(11-7-12-13)8-5-3-4-6-10-8/h7-8,10H,2-6H2,1H3/t8-/m1/s1. The van der Waals surface area contributed by atoms with Crippen molar-refractivity contribution >= 4 is 0 Å². The van der Waals surface area contributed by atoms with Gasteiger partial charge in [-0.15, -0.1) is 0 Å². The summed E-state index contributed by atoms with van der Waals surface area (Å²) in [7, 11) is 0. The Balaban J connectivity index is 2.13. The summed E-state index contributed by atoms with van der Waals surface area (Å²) >= 11 is 0. The number of rotatable bonds is 2. The first kappa shape index (κ1) is 8.69. The van der Waals surface area contributed by atoms with Crippen LogP contribution in [0.3, 0.4) is 0 Å². The fraction of sp³-hybridized carbons (Fsp3) is 0.778. The first-order chi connectivity index (χ1) is 6.42. The van der Waals surface area contributed by atoms with E-state index in [1.165, 1.54) is 19.3 Å². The predicted molar refractivity (Wildman–Crippen MR) is 50.3 cm³/mol. The fourth-order valence-electron chi connectivity index (χ4n) is 1.86. The number of hydrogen-bond donors (Lipinski definition) is 1. The summed E-state index contributed by atoms with van der Waals surface area (Å²) < 4.78 is 1.98. The van der Waals surface area contributed by atoms with Gasteiger partial charge in [0.25, 0.3) is 0 Å². The fourth-order valence-corrected chi connectivity index (χ4v) is 1.86. The minimum Gasteiger partial charge on any atom is -0.307 e. The smallest absolute Gasteiger partial charge is 0.143 e. The molecule has 1 atom stereocenters. The van der Waals surface area contributed by atoms with Crippen molar-refractivity contribution in [3.05, 3.63) is 12.2 Å². The minimum absolute atomic E-state index is 0.427. The summed E-state index contributed by atoms with van der Waals surface area (Å²) in [5, 5.41) is 7.65. The van der Waals surface area contributed by atoms with E-state index in [4.69, 9.17) is 0 Å². The lowest BCUT2D eigenvalue weighted by atomic mass is 10.0. The number of aryl methyl sites for hydroxylation is 1. The molecule has 0 radical (unpaired) electrons. The van der Waals surface area contributed by atoms with Crippen molar-refractivity contribution in [2.75, 3.05) is 6.54 Å². The van der Waals surface area contributed by atoms with Gasteiger partial charge in [0.1, 0.15) is 12.2 Å². The molecule has 0 unspecified atom stereocenters. The minimum atomic E-state index is 0.427. The average molecular weight is 180 g/mol. The summed E-state index contributed by atoms with van der Waals surface area (Å²) in [5.41, 5.74) is 0. The summed E-state index contributed by atoms with van der Waals surface area (Å²) in [6.07, 6.45) is 5.43. The average Bonchev–Trinajstić information content (AvgIpc) is 2.67. The van der Waals surface area contributed by atoms with E-state index in [1.807, 2.05) is 4.68 Å². The van der Waals surface area contributed by atoms with Crippen LogP contribution in [0.4, 0.5) is 0 Å². The van der Waals surface area contributed by atoms with Crippen LogP contribution in [0.15, 0.2) is 6.33 Å². The van der Waals surface area contributed by atoms with E-state index in [0.717, 1.165) is 18.9 Å². The molecule has 0 saturated carbocycles. The third-order valence-corrected chi connectivity index (χ3v) is 2.57. The van der Waals surface area contributed by atoms with Gasteiger partial charge in [-0.2, -0.15) is 5.10 Å². The second kappa shape index (κ2) is 3.87. The first-order valence-electron chi connectivity index (χ1n) is 5.03. The molecule has 0 aromatic carbocycles. The van der Waals surface area contributed by atoms with Crippen LogP contribution in [-0.2, 0) is 6.54 Å². The molecule has 1 saturated heterocycles. The zero-order valence-electron chi connectivity index (χ0n) is 8.03. The number of piperidine rings is 1. The van der Waals surface area contributed by atoms with Crippen LogP contribution >= 0.6 is 0 Å². The first-order valence-corrected chi connectivity index (χ1v) is 5.03. The highest BCUT2D eigenvalue weighted by Crippen LogP contribution is 2.20. The molecule has 1 fully saturated rings. The Hall–Kier alpha value is -0.900. The Kier molecular flexibility index (Phi) is 2.59. The van der Waals surface area contributed by atoms with Crippen LogP contribution < -0.4 is 5.32 Å². The van der Waals surface area contributed by atoms with Gasteiger partial charge in [0.2, 0.25) is 0 Å². The van der Waals surface area contributed by atoms with Gasteiger partial charge in [0, 0.05) is 6.54 Å². The van der Waals surface area contributed by atoms with Crippen LogP contribution in [0.5, 0.6) is 0 Å². The van der Waals surface area contributed by atoms with E-state index >= 15 is 0 Å². The van der Waals surface area contributed by atoms with Crippen LogP contribution in [0.2, 0.25) is 0 Å². The van der Waals surface area contributed by atoms with Crippen molar-refractivity contribution in [1.82, 2.24) is 20.1 Å². The summed E-state index contributed by atoms with van der Waals surface area (Å²) in [5.74, 6) is 1.10. The molecule has 4 heteroatoms. The SMILES string of the molecule is CCn1ncnc1[C@H]1CCCCN1. The Morgan fingerprint density at radius 1 is 1.62 bits per heavy atom. The van der Waals surface area contributed by atoms with Gasteiger partial charge >= 0.3 is 0 Å². The normalized spacial score (nSPS) is 23.3. The predicted octanol–water partition coefficient (Wildman–Crippen LogP) is 1.11. The lowest BCUT2D eigenvalue weighted by Crippen LogP contribution is -2.29. The van der Waals surface area contributed by atoms with Crippen LogP contribution in [0.1, 0.15) is 38.1 Å². The van der Waals surface area contributed by atoms with Crippen molar-refractivity contribution in [1.29, 1.82) is 0 Å². The van der Waals surface area contributed by atoms with Crippen LogP contribution in [0.25, 0.3) is 0 Å². The number of nitrogens with one attached hydrogen (secondary N) is 1. The Labute approximate surface area is 78.4 Å². The Bertz CT molecular complexity index is 262. The zero-order chi connectivity index (χ0) is 9.10. The molecule has 1 aliphatic heterocycles. The van der Waals surface area contributed by atoms with Gasteiger partial charge in [-0.25, -0.2) is 9.67 Å². The maximum Gasteiger partial charge on any atom is 0.143 e. The van der Waals surface area contributed by atoms with Gasteiger partial charge in [-0.3, -0.25) is 0 Å². The van der Waals surface area contributed by atoms with Gasteiger partial charge in [0.15, 0.2) is 0 Å². The molecule has 0 amide bonds. The molecular weight excluding hydrogens is 164 g/mol. The third kappa shape index (κ3) is 1.72. The Morgan fingerprint density at radius 3 is 3.23 bits per heavy atom. The number of aromatic nitrogens is 3. The number of nitrogens with zero attached hydrogens (tertiary/aromatic N) is 3. The summed E-state index contributed by atoms with van der Waals surface area (Å²) in [6.45, 7) is 4.12. The molecule has 72 valence electrons. The van der Waals surface area contributed by atoms with Gasteiger partial charge in [0.05, 0.1) is 6.04 Å². The van der Waals surface area contributed by atoms with E-state index < -0.39 is 0 Å². The lowest BCUT2D eigenvalue weighted by molar-refractivity contribution is 0.381. The van der Waals surface area contributed by atoms with E-state index in [-0.39, 0.29) is 0 Å². The molecule has 0 aliphatic carbocycles. The molecular formula is C9H16N4. The lowest BCUT2D eigenvalue weighted by Gasteiger charge is -2.22. The third-order valence-electron chi connectivity index (χ3n) is 2.57. The molecule has 1 aromatic heterocycles. The van der Waals surface area contributed by atoms with Gasteiger partial charge in [-0.1, -0.05) is 6.42 Å². The Morgan fingerprint density at radius 2 is 2.54 bits per heavy atom. The second-order valence-electron chi connectivity index (χ2n) is 3.44. The largest absolute Gasteiger partial charge is 0.307 e. The molecule has 2 rings (SSSR count).